The van der Waals surface area contributed by atoms with E-state index in [2.05, 4.69) is 21.2 Å². The maximum atomic E-state index is 9.71. The van der Waals surface area contributed by atoms with Crippen molar-refractivity contribution in [1.29, 1.82) is 5.41 Å². The van der Waals surface area contributed by atoms with Crippen LogP contribution in [-0.4, -0.2) is 23.3 Å². The lowest BCUT2D eigenvalue weighted by atomic mass is 10.2. The molecule has 1 rings (SSSR count). The number of nitrogens with one attached hydrogen (secondary N) is 2. The summed E-state index contributed by atoms with van der Waals surface area (Å²) in [7, 11) is 0. The number of halogens is 1. The van der Waals surface area contributed by atoms with Crippen LogP contribution in [0.3, 0.4) is 0 Å². The Morgan fingerprint density at radius 1 is 1.47 bits per heavy atom. The van der Waals surface area contributed by atoms with Crippen molar-refractivity contribution in [3.05, 3.63) is 28.2 Å². The number of benzene rings is 1. The van der Waals surface area contributed by atoms with E-state index in [0.29, 0.717) is 11.3 Å². The van der Waals surface area contributed by atoms with Crippen LogP contribution in [0.1, 0.15) is 26.3 Å². The van der Waals surface area contributed by atoms with Gasteiger partial charge in [-0.3, -0.25) is 0 Å². The molecule has 0 radical (unpaired) electrons. The molecule has 94 valence electrons. The maximum Gasteiger partial charge on any atom is 0.235 e. The maximum absolute atomic E-state index is 9.71. The quantitative estimate of drug-likeness (QED) is 0.592. The lowest BCUT2D eigenvalue weighted by Gasteiger charge is -2.25. The molecule has 5 heteroatoms. The SMILES string of the molecule is CC(C)(C)OC(O)Nc1ccc(Br)cc1C=N. The molecule has 1 atom stereocenters. The zero-order chi connectivity index (χ0) is 13.1. The van der Waals surface area contributed by atoms with Crippen molar-refractivity contribution in [2.45, 2.75) is 32.8 Å². The molecule has 17 heavy (non-hydrogen) atoms. The average molecular weight is 301 g/mol. The van der Waals surface area contributed by atoms with Gasteiger partial charge in [0.1, 0.15) is 0 Å². The summed E-state index contributed by atoms with van der Waals surface area (Å²) in [6, 6.07) is 5.40. The largest absolute Gasteiger partial charge is 0.351 e. The second-order valence-corrected chi connectivity index (χ2v) is 5.52. The topological polar surface area (TPSA) is 65.3 Å². The van der Waals surface area contributed by atoms with Crippen LogP contribution in [0.4, 0.5) is 5.69 Å². The third-order valence-corrected chi connectivity index (χ3v) is 2.41. The standard InChI is InChI=1S/C12H17BrN2O2/c1-12(2,3)17-11(16)15-10-5-4-9(13)6-8(10)7-14/h4-7,11,14-16H,1-3H3. The molecule has 0 aliphatic rings. The first-order valence-corrected chi connectivity index (χ1v) is 6.03. The Kier molecular flexibility index (Phi) is 4.68. The molecule has 1 unspecified atom stereocenters. The van der Waals surface area contributed by atoms with Gasteiger partial charge in [-0.1, -0.05) is 15.9 Å². The van der Waals surface area contributed by atoms with Gasteiger partial charge in [-0.2, -0.15) is 0 Å². The highest BCUT2D eigenvalue weighted by Gasteiger charge is 2.16. The van der Waals surface area contributed by atoms with Gasteiger partial charge in [0.05, 0.1) is 5.60 Å². The minimum absolute atomic E-state index is 0.438. The highest BCUT2D eigenvalue weighted by atomic mass is 79.9. The van der Waals surface area contributed by atoms with Gasteiger partial charge in [-0.05, 0) is 39.0 Å². The highest BCUT2D eigenvalue weighted by molar-refractivity contribution is 9.10. The number of hydrogen-bond acceptors (Lipinski definition) is 4. The van der Waals surface area contributed by atoms with Gasteiger partial charge in [0, 0.05) is 21.9 Å². The molecule has 1 aromatic carbocycles. The van der Waals surface area contributed by atoms with Crippen LogP contribution in [0.15, 0.2) is 22.7 Å². The van der Waals surface area contributed by atoms with Crippen LogP contribution in [0.5, 0.6) is 0 Å². The van der Waals surface area contributed by atoms with Gasteiger partial charge >= 0.3 is 0 Å². The summed E-state index contributed by atoms with van der Waals surface area (Å²) >= 11 is 3.33. The van der Waals surface area contributed by atoms with Crippen LogP contribution in [0.2, 0.25) is 0 Å². The highest BCUT2D eigenvalue weighted by Crippen LogP contribution is 2.21. The Bertz CT molecular complexity index is 402. The predicted molar refractivity (Wildman–Crippen MR) is 72.5 cm³/mol. The van der Waals surface area contributed by atoms with E-state index in [-0.39, 0.29) is 0 Å². The molecular formula is C12H17BrN2O2. The summed E-state index contributed by atoms with van der Waals surface area (Å²) in [5, 5.41) is 19.8. The summed E-state index contributed by atoms with van der Waals surface area (Å²) in [5.41, 5.74) is 0.892. The van der Waals surface area contributed by atoms with Gasteiger partial charge in [0.25, 0.3) is 0 Å². The fourth-order valence-corrected chi connectivity index (χ4v) is 1.66. The van der Waals surface area contributed by atoms with E-state index >= 15 is 0 Å². The molecule has 0 aliphatic heterocycles. The zero-order valence-electron chi connectivity index (χ0n) is 10.1. The first-order chi connectivity index (χ1) is 7.81. The molecule has 0 bridgehead atoms. The molecule has 4 nitrogen and oxygen atoms in total. The predicted octanol–water partition coefficient (Wildman–Crippen LogP) is 2.95. The lowest BCUT2D eigenvalue weighted by Crippen LogP contribution is -2.32. The first-order valence-electron chi connectivity index (χ1n) is 5.24. The molecule has 0 heterocycles. The van der Waals surface area contributed by atoms with Crippen LogP contribution in [-0.2, 0) is 4.74 Å². The Hall–Kier alpha value is -0.910. The Balaban J connectivity index is 2.77. The number of aliphatic hydroxyl groups excluding tert-OH is 1. The molecule has 0 aliphatic carbocycles. The second kappa shape index (κ2) is 5.62. The molecular weight excluding hydrogens is 284 g/mol. The van der Waals surface area contributed by atoms with Gasteiger partial charge in [-0.25, -0.2) is 0 Å². The lowest BCUT2D eigenvalue weighted by molar-refractivity contribution is -0.148. The second-order valence-electron chi connectivity index (χ2n) is 4.60. The van der Waals surface area contributed by atoms with Crippen molar-refractivity contribution in [1.82, 2.24) is 0 Å². The van der Waals surface area contributed by atoms with Gasteiger partial charge in [0.2, 0.25) is 6.41 Å². The first kappa shape index (κ1) is 14.2. The summed E-state index contributed by atoms with van der Waals surface area (Å²) in [5.74, 6) is 0. The van der Waals surface area contributed by atoms with Gasteiger partial charge in [-0.15, -0.1) is 0 Å². The Labute approximate surface area is 110 Å². The van der Waals surface area contributed by atoms with Crippen LogP contribution >= 0.6 is 15.9 Å². The third-order valence-electron chi connectivity index (χ3n) is 1.91. The van der Waals surface area contributed by atoms with E-state index in [1.54, 1.807) is 12.1 Å². The van der Waals surface area contributed by atoms with E-state index in [9.17, 15) is 5.11 Å². The minimum Gasteiger partial charge on any atom is -0.351 e. The van der Waals surface area contributed by atoms with Crippen molar-refractivity contribution in [3.63, 3.8) is 0 Å². The van der Waals surface area contributed by atoms with Crippen molar-refractivity contribution in [2.75, 3.05) is 5.32 Å². The molecule has 1 aromatic rings. The number of anilines is 1. The van der Waals surface area contributed by atoms with E-state index in [4.69, 9.17) is 10.1 Å². The Morgan fingerprint density at radius 2 is 2.12 bits per heavy atom. The van der Waals surface area contributed by atoms with Gasteiger partial charge in [0.15, 0.2) is 0 Å². The number of hydrogen-bond donors (Lipinski definition) is 3. The zero-order valence-corrected chi connectivity index (χ0v) is 11.7. The van der Waals surface area contributed by atoms with Crippen LogP contribution in [0.25, 0.3) is 0 Å². The molecule has 0 amide bonds. The summed E-state index contributed by atoms with van der Waals surface area (Å²) in [6.45, 7) is 5.57. The van der Waals surface area contributed by atoms with Gasteiger partial charge < -0.3 is 20.6 Å². The summed E-state index contributed by atoms with van der Waals surface area (Å²) < 4.78 is 6.21. The number of ether oxygens (including phenoxy) is 1. The smallest absolute Gasteiger partial charge is 0.235 e. The molecule has 3 N–H and O–H groups in total. The molecule has 0 spiro atoms. The average Bonchev–Trinajstić information content (AvgIpc) is 2.17. The van der Waals surface area contributed by atoms with Crippen molar-refractivity contribution < 1.29 is 9.84 Å². The van der Waals surface area contributed by atoms with E-state index in [1.807, 2.05) is 26.8 Å². The third kappa shape index (κ3) is 4.85. The van der Waals surface area contributed by atoms with E-state index in [0.717, 1.165) is 4.47 Å². The molecule has 0 aromatic heterocycles. The van der Waals surface area contributed by atoms with Crippen LogP contribution in [0, 0.1) is 5.41 Å². The van der Waals surface area contributed by atoms with Crippen molar-refractivity contribution in [2.24, 2.45) is 0 Å². The monoisotopic (exact) mass is 300 g/mol. The molecule has 0 fully saturated rings. The number of aliphatic hydroxyl groups is 1. The van der Waals surface area contributed by atoms with Crippen molar-refractivity contribution in [3.8, 4) is 0 Å². The summed E-state index contributed by atoms with van der Waals surface area (Å²) in [4.78, 5) is 0. The molecule has 0 saturated heterocycles. The summed E-state index contributed by atoms with van der Waals surface area (Å²) in [6.07, 6.45) is 0.117. The minimum atomic E-state index is -1.10. The Morgan fingerprint density at radius 3 is 2.65 bits per heavy atom. The van der Waals surface area contributed by atoms with E-state index < -0.39 is 12.0 Å². The fourth-order valence-electron chi connectivity index (χ4n) is 1.28. The van der Waals surface area contributed by atoms with Crippen molar-refractivity contribution >= 4 is 27.8 Å². The van der Waals surface area contributed by atoms with Crippen LogP contribution < -0.4 is 5.32 Å². The fraction of sp³-hybridized carbons (Fsp3) is 0.417. The molecule has 0 saturated carbocycles. The number of rotatable bonds is 4. The van der Waals surface area contributed by atoms with E-state index in [1.165, 1.54) is 6.21 Å². The normalized spacial score (nSPS) is 13.2.